The zero-order valence-corrected chi connectivity index (χ0v) is 17.4. The average Bonchev–Trinajstić information content (AvgIpc) is 3.16. The largest absolute Gasteiger partial charge is 0.345 e. The quantitative estimate of drug-likeness (QED) is 0.612. The van der Waals surface area contributed by atoms with Gasteiger partial charge >= 0.3 is 0 Å². The molecule has 2 aromatic carbocycles. The molecule has 0 N–H and O–H groups in total. The van der Waals surface area contributed by atoms with E-state index < -0.39 is 5.82 Å². The molecule has 0 fully saturated rings. The molecule has 8 heteroatoms. The molecule has 0 saturated heterocycles. The summed E-state index contributed by atoms with van der Waals surface area (Å²) in [5.41, 5.74) is 1.71. The van der Waals surface area contributed by atoms with Crippen molar-refractivity contribution in [1.82, 2.24) is 19.3 Å². The van der Waals surface area contributed by atoms with Gasteiger partial charge in [-0.15, -0.1) is 4.59 Å². The number of hydrogen-bond donors (Lipinski definition) is 0. The maximum Gasteiger partial charge on any atom is 0.253 e. The summed E-state index contributed by atoms with van der Waals surface area (Å²) in [6, 6.07) is 14.7. The van der Waals surface area contributed by atoms with Crippen LogP contribution in [0.25, 0.3) is 11.4 Å². The summed E-state index contributed by atoms with van der Waals surface area (Å²) < 4.78 is 15.8. The van der Waals surface area contributed by atoms with Crippen molar-refractivity contribution in [2.45, 2.75) is 0 Å². The Morgan fingerprint density at radius 2 is 1.87 bits per heavy atom. The van der Waals surface area contributed by atoms with Gasteiger partial charge in [-0.2, -0.15) is 5.10 Å². The Hall–Kier alpha value is -3.91. The lowest BCUT2D eigenvalue weighted by Gasteiger charge is -2.25. The topological polar surface area (TPSA) is 67.6 Å². The predicted octanol–water partition coefficient (Wildman–Crippen LogP) is 3.05. The summed E-state index contributed by atoms with van der Waals surface area (Å²) >= 11 is 0. The van der Waals surface area contributed by atoms with E-state index in [0.29, 0.717) is 22.6 Å². The fourth-order valence-corrected chi connectivity index (χ4v) is 3.50. The minimum atomic E-state index is -0.430. The van der Waals surface area contributed by atoms with E-state index in [1.54, 1.807) is 69.7 Å². The van der Waals surface area contributed by atoms with Crippen LogP contribution in [0.2, 0.25) is 0 Å². The maximum absolute atomic E-state index is 14.5. The van der Waals surface area contributed by atoms with E-state index in [4.69, 9.17) is 0 Å². The molecule has 156 valence electrons. The molecule has 1 aromatic heterocycles. The molecular formula is C23H21FN5O2+. The monoisotopic (exact) mass is 418 g/mol. The zero-order valence-electron chi connectivity index (χ0n) is 17.4. The van der Waals surface area contributed by atoms with Crippen molar-refractivity contribution in [3.63, 3.8) is 0 Å². The van der Waals surface area contributed by atoms with Gasteiger partial charge in [0.1, 0.15) is 7.05 Å². The molecule has 1 aliphatic heterocycles. The normalized spacial score (nSPS) is 17.5. The molecule has 0 saturated carbocycles. The number of aromatic nitrogens is 2. The number of hydrogen-bond acceptors (Lipinski definition) is 4. The number of quaternary nitrogens is 1. The van der Waals surface area contributed by atoms with Gasteiger partial charge in [0.2, 0.25) is 5.43 Å². The summed E-state index contributed by atoms with van der Waals surface area (Å²) in [6.45, 7) is 0. The van der Waals surface area contributed by atoms with Crippen LogP contribution in [0.15, 0.2) is 76.8 Å². The first kappa shape index (κ1) is 20.4. The summed E-state index contributed by atoms with van der Waals surface area (Å²) in [5.74, 6) is -0.570. The van der Waals surface area contributed by atoms with Gasteiger partial charge in [0.05, 0.1) is 11.9 Å². The van der Waals surface area contributed by atoms with Gasteiger partial charge in [0.15, 0.2) is 22.9 Å². The number of benzene rings is 2. The third-order valence-corrected chi connectivity index (χ3v) is 5.14. The smallest absolute Gasteiger partial charge is 0.253 e. The van der Waals surface area contributed by atoms with Gasteiger partial charge in [-0.1, -0.05) is 23.3 Å². The lowest BCUT2D eigenvalue weighted by molar-refractivity contribution is 0.0827. The fourth-order valence-electron chi connectivity index (χ4n) is 3.50. The van der Waals surface area contributed by atoms with E-state index in [-0.39, 0.29) is 21.6 Å². The highest BCUT2D eigenvalue weighted by atomic mass is 19.1. The molecule has 1 amide bonds. The second-order valence-corrected chi connectivity index (χ2v) is 7.45. The minimum Gasteiger partial charge on any atom is -0.345 e. The third kappa shape index (κ3) is 3.57. The number of carbonyl (C=O) groups excluding carboxylic acids is 1. The first-order valence-corrected chi connectivity index (χ1v) is 9.62. The predicted molar refractivity (Wildman–Crippen MR) is 118 cm³/mol. The molecule has 0 aliphatic carbocycles. The molecule has 0 bridgehead atoms. The lowest BCUT2D eigenvalue weighted by Crippen LogP contribution is -2.38. The Balaban J connectivity index is 1.80. The van der Waals surface area contributed by atoms with Crippen LogP contribution in [0.3, 0.4) is 0 Å². The molecule has 0 radical (unpaired) electrons. The Labute approximate surface area is 178 Å². The molecule has 3 aromatic rings. The number of para-hydroxylation sites is 1. The molecular weight excluding hydrogens is 397 g/mol. The second kappa shape index (κ2) is 7.73. The third-order valence-electron chi connectivity index (χ3n) is 5.14. The molecule has 2 heterocycles. The van der Waals surface area contributed by atoms with Crippen molar-refractivity contribution >= 4 is 23.5 Å². The van der Waals surface area contributed by atoms with Crippen LogP contribution in [-0.2, 0) is 0 Å². The number of halogens is 1. The SMILES string of the molecule is CN(C)C(=O)c1cccc(-n2ccc(=O)c(C3=CC=N[N+]3(C)c3ccccc3F)n2)c1. The first-order valence-electron chi connectivity index (χ1n) is 9.62. The van der Waals surface area contributed by atoms with Crippen LogP contribution in [-0.4, -0.2) is 47.9 Å². The van der Waals surface area contributed by atoms with Gasteiger partial charge < -0.3 is 4.90 Å². The van der Waals surface area contributed by atoms with E-state index in [1.807, 2.05) is 0 Å². The van der Waals surface area contributed by atoms with Crippen LogP contribution >= 0.6 is 0 Å². The summed E-state index contributed by atoms with van der Waals surface area (Å²) in [4.78, 5) is 26.5. The Bertz CT molecular complexity index is 1290. The molecule has 7 nitrogen and oxygen atoms in total. The Morgan fingerprint density at radius 1 is 1.10 bits per heavy atom. The van der Waals surface area contributed by atoms with Gasteiger partial charge in [-0.3, -0.25) is 9.59 Å². The Kier molecular flexibility index (Phi) is 5.08. The molecule has 0 spiro atoms. The van der Waals surface area contributed by atoms with Crippen molar-refractivity contribution in [2.24, 2.45) is 5.10 Å². The van der Waals surface area contributed by atoms with E-state index in [0.717, 1.165) is 0 Å². The average molecular weight is 418 g/mol. The number of nitrogens with zero attached hydrogens (tertiary/aromatic N) is 5. The molecule has 1 atom stereocenters. The molecule has 4 rings (SSSR count). The van der Waals surface area contributed by atoms with Gasteiger partial charge in [-0.05, 0) is 24.3 Å². The molecule has 1 aliphatic rings. The number of rotatable bonds is 4. The Morgan fingerprint density at radius 3 is 2.61 bits per heavy atom. The van der Waals surface area contributed by atoms with E-state index in [2.05, 4.69) is 10.2 Å². The van der Waals surface area contributed by atoms with E-state index >= 15 is 0 Å². The molecule has 31 heavy (non-hydrogen) atoms. The number of carbonyl (C=O) groups is 1. The highest BCUT2D eigenvalue weighted by molar-refractivity contribution is 5.94. The first-order chi connectivity index (χ1) is 14.8. The summed E-state index contributed by atoms with van der Waals surface area (Å²) in [7, 11) is 5.06. The van der Waals surface area contributed by atoms with Crippen LogP contribution in [0, 0.1) is 5.82 Å². The van der Waals surface area contributed by atoms with Gasteiger partial charge in [-0.25, -0.2) is 9.07 Å². The van der Waals surface area contributed by atoms with Crippen molar-refractivity contribution in [3.05, 3.63) is 94.2 Å². The van der Waals surface area contributed by atoms with Crippen molar-refractivity contribution in [2.75, 3.05) is 21.1 Å². The highest BCUT2D eigenvalue weighted by Crippen LogP contribution is 2.35. The summed E-state index contributed by atoms with van der Waals surface area (Å²) in [5, 5.41) is 8.91. The van der Waals surface area contributed by atoms with E-state index in [1.165, 1.54) is 34.1 Å². The second-order valence-electron chi connectivity index (χ2n) is 7.45. The van der Waals surface area contributed by atoms with Crippen LogP contribution < -0.4 is 10.0 Å². The maximum atomic E-state index is 14.5. The number of amides is 1. The van der Waals surface area contributed by atoms with Crippen LogP contribution in [0.4, 0.5) is 10.1 Å². The van der Waals surface area contributed by atoms with Crippen LogP contribution in [0.1, 0.15) is 16.1 Å². The standard InChI is InChI=1S/C23H21FN5O2/c1-27(2)23(31)16-7-6-8-17(15-16)28-14-12-21(30)22(26-28)20-11-13-25-29(20,3)19-10-5-4-9-18(19)24/h4-15H,1-3H3/q+1. The van der Waals surface area contributed by atoms with Crippen molar-refractivity contribution in [1.29, 1.82) is 0 Å². The zero-order chi connectivity index (χ0) is 22.2. The highest BCUT2D eigenvalue weighted by Gasteiger charge is 2.39. The lowest BCUT2D eigenvalue weighted by atomic mass is 10.1. The molecule has 1 unspecified atom stereocenters. The fraction of sp³-hybridized carbons (Fsp3) is 0.130. The van der Waals surface area contributed by atoms with Gasteiger partial charge in [0, 0.05) is 44.1 Å². The summed E-state index contributed by atoms with van der Waals surface area (Å²) in [6.07, 6.45) is 4.73. The van der Waals surface area contributed by atoms with Crippen LogP contribution in [0.5, 0.6) is 0 Å². The minimum absolute atomic E-state index is 0.140. The van der Waals surface area contributed by atoms with Crippen molar-refractivity contribution in [3.8, 4) is 5.69 Å². The van der Waals surface area contributed by atoms with Crippen molar-refractivity contribution < 1.29 is 9.18 Å². The number of allylic oxidation sites excluding steroid dienone is 1. The van der Waals surface area contributed by atoms with Gasteiger partial charge in [0.25, 0.3) is 5.91 Å². The van der Waals surface area contributed by atoms with E-state index in [9.17, 15) is 14.0 Å².